The Labute approximate surface area is 253 Å². The first kappa shape index (κ1) is 34.3. The molecular formula is C38H49NO3. The minimum atomic E-state index is -0.276. The van der Waals surface area contributed by atoms with Crippen molar-refractivity contribution in [2.75, 3.05) is 7.11 Å². The summed E-state index contributed by atoms with van der Waals surface area (Å²) in [6.07, 6.45) is 7.90. The van der Waals surface area contributed by atoms with Crippen LogP contribution in [0.4, 0.5) is 0 Å². The molecule has 0 heterocycles. The van der Waals surface area contributed by atoms with Crippen molar-refractivity contribution in [3.8, 4) is 5.75 Å². The molecule has 4 heteroatoms. The number of aliphatic imine (C=N–C) groups is 1. The highest BCUT2D eigenvalue weighted by molar-refractivity contribution is 5.80. The van der Waals surface area contributed by atoms with Gasteiger partial charge in [0.05, 0.1) is 12.9 Å². The molecule has 0 aliphatic rings. The quantitative estimate of drug-likeness (QED) is 0.138. The molecule has 0 radical (unpaired) electrons. The van der Waals surface area contributed by atoms with Crippen molar-refractivity contribution in [2.24, 2.45) is 10.9 Å². The summed E-state index contributed by atoms with van der Waals surface area (Å²) < 4.78 is 5.19. The first-order valence-electron chi connectivity index (χ1n) is 15.3. The summed E-state index contributed by atoms with van der Waals surface area (Å²) in [5, 5.41) is 10.2. The number of aliphatic hydroxyl groups is 1. The van der Waals surface area contributed by atoms with E-state index in [9.17, 15) is 9.90 Å². The minimum absolute atomic E-state index is 0.0727. The monoisotopic (exact) mass is 567 g/mol. The average molecular weight is 568 g/mol. The molecular weight excluding hydrogens is 518 g/mol. The number of carbonyl (C=O) groups is 1. The van der Waals surface area contributed by atoms with Crippen molar-refractivity contribution in [3.05, 3.63) is 125 Å². The van der Waals surface area contributed by atoms with E-state index in [1.165, 1.54) is 16.8 Å². The molecule has 0 saturated carbocycles. The van der Waals surface area contributed by atoms with Gasteiger partial charge in [-0.2, -0.15) is 0 Å². The van der Waals surface area contributed by atoms with E-state index in [4.69, 9.17) is 9.73 Å². The number of rotatable bonds is 16. The topological polar surface area (TPSA) is 58.9 Å². The molecule has 224 valence electrons. The second-order valence-electron chi connectivity index (χ2n) is 10.4. The number of allylic oxidation sites excluding steroid dienone is 3. The molecule has 0 bridgehead atoms. The maximum Gasteiger partial charge on any atom is 0.133 e. The van der Waals surface area contributed by atoms with Crippen LogP contribution in [0.15, 0.2) is 107 Å². The smallest absolute Gasteiger partial charge is 0.133 e. The third-order valence-electron chi connectivity index (χ3n) is 7.37. The predicted octanol–water partition coefficient (Wildman–Crippen LogP) is 9.67. The predicted molar refractivity (Wildman–Crippen MR) is 178 cm³/mol. The fourth-order valence-electron chi connectivity index (χ4n) is 4.63. The van der Waals surface area contributed by atoms with Crippen molar-refractivity contribution < 1.29 is 14.6 Å². The third kappa shape index (κ3) is 12.3. The Morgan fingerprint density at radius 2 is 1.50 bits per heavy atom. The zero-order chi connectivity index (χ0) is 30.7. The molecule has 1 unspecified atom stereocenters. The third-order valence-corrected chi connectivity index (χ3v) is 7.37. The van der Waals surface area contributed by atoms with Gasteiger partial charge in [-0.3, -0.25) is 9.79 Å². The van der Waals surface area contributed by atoms with E-state index >= 15 is 0 Å². The Kier molecular flexibility index (Phi) is 15.7. The molecule has 1 N–H and O–H groups in total. The molecule has 3 aromatic carbocycles. The summed E-state index contributed by atoms with van der Waals surface area (Å²) in [5.41, 5.74) is 7.09. The Morgan fingerprint density at radius 1 is 0.905 bits per heavy atom. The summed E-state index contributed by atoms with van der Waals surface area (Å²) in [4.78, 5) is 17.5. The number of carbonyl (C=O) groups excluding carboxylic acids is 1. The second kappa shape index (κ2) is 19.2. The molecule has 0 fully saturated rings. The van der Waals surface area contributed by atoms with Gasteiger partial charge >= 0.3 is 0 Å². The maximum atomic E-state index is 12.7. The molecule has 0 aromatic heterocycles. The number of nitrogens with zero attached hydrogens (tertiary/aromatic N) is 1. The van der Waals surface area contributed by atoms with E-state index in [-0.39, 0.29) is 17.5 Å². The largest absolute Gasteiger partial charge is 0.513 e. The zero-order valence-corrected chi connectivity index (χ0v) is 26.2. The fraction of sp³-hybridized carbons (Fsp3) is 0.368. The van der Waals surface area contributed by atoms with E-state index in [0.29, 0.717) is 25.7 Å². The number of hydrogen-bond acceptors (Lipinski definition) is 4. The standard InChI is InChI=1S/C36H43NO3.C2H6/c1-5-27(2)36(37-26-32-10-7-6-8-11-32)13-9-12-29-14-16-31(17-15-29)24-33(28(3)38)25-34(39)21-18-30-19-22-35(40-4)23-20-30;1-2/h6-8,10-11,14-17,19-20,22-23,26,33,38H,3,5,9,12-13,18,21,24-25H2,1-2,4H3;1-2H3/b36-27-,37-26?;. The summed E-state index contributed by atoms with van der Waals surface area (Å²) >= 11 is 0. The van der Waals surface area contributed by atoms with Crippen molar-refractivity contribution >= 4 is 12.0 Å². The number of hydrogen-bond donors (Lipinski definition) is 1. The second-order valence-corrected chi connectivity index (χ2v) is 10.4. The van der Waals surface area contributed by atoms with Crippen LogP contribution < -0.4 is 4.74 Å². The number of aliphatic hydroxyl groups excluding tert-OH is 1. The molecule has 0 aliphatic heterocycles. The van der Waals surface area contributed by atoms with Crippen LogP contribution in [0.25, 0.3) is 0 Å². The first-order valence-corrected chi connectivity index (χ1v) is 15.3. The van der Waals surface area contributed by atoms with Crippen LogP contribution in [-0.2, 0) is 24.1 Å². The van der Waals surface area contributed by atoms with Crippen LogP contribution in [0.2, 0.25) is 0 Å². The van der Waals surface area contributed by atoms with Gasteiger partial charge in [0.2, 0.25) is 0 Å². The van der Waals surface area contributed by atoms with E-state index in [2.05, 4.69) is 56.8 Å². The Bertz CT molecular complexity index is 1270. The molecule has 1 atom stereocenters. The van der Waals surface area contributed by atoms with Crippen molar-refractivity contribution in [1.29, 1.82) is 0 Å². The number of benzene rings is 3. The minimum Gasteiger partial charge on any atom is -0.513 e. The Hall–Kier alpha value is -3.92. The lowest BCUT2D eigenvalue weighted by Crippen LogP contribution is -2.14. The molecule has 3 aromatic rings. The molecule has 4 nitrogen and oxygen atoms in total. The lowest BCUT2D eigenvalue weighted by molar-refractivity contribution is -0.119. The van der Waals surface area contributed by atoms with Crippen molar-refractivity contribution in [3.63, 3.8) is 0 Å². The van der Waals surface area contributed by atoms with Gasteiger partial charge in [0, 0.05) is 30.7 Å². The maximum absolute atomic E-state index is 12.7. The molecule has 42 heavy (non-hydrogen) atoms. The van der Waals surface area contributed by atoms with E-state index in [1.54, 1.807) is 7.11 Å². The van der Waals surface area contributed by atoms with Crippen LogP contribution in [-0.4, -0.2) is 24.2 Å². The number of ketones is 1. The van der Waals surface area contributed by atoms with Gasteiger partial charge in [0.1, 0.15) is 11.5 Å². The molecule has 0 aliphatic carbocycles. The molecule has 0 saturated heterocycles. The van der Waals surface area contributed by atoms with E-state index in [1.807, 2.05) is 62.5 Å². The van der Waals surface area contributed by atoms with Crippen LogP contribution >= 0.6 is 0 Å². The van der Waals surface area contributed by atoms with E-state index in [0.717, 1.165) is 48.1 Å². The van der Waals surface area contributed by atoms with Gasteiger partial charge in [0.15, 0.2) is 0 Å². The summed E-state index contributed by atoms with van der Waals surface area (Å²) in [5.74, 6) is 0.734. The van der Waals surface area contributed by atoms with Crippen LogP contribution in [0.1, 0.15) is 82.1 Å². The van der Waals surface area contributed by atoms with Crippen LogP contribution in [0.5, 0.6) is 5.75 Å². The highest BCUT2D eigenvalue weighted by atomic mass is 16.5. The SMILES string of the molecule is C=C(O)C(CC(=O)CCc1ccc(OC)cc1)Cc1ccc(CCC/C(N=Cc2ccccc2)=C(\C)CC)cc1.CC. The first-order chi connectivity index (χ1) is 20.4. The van der Waals surface area contributed by atoms with Gasteiger partial charge in [-0.05, 0) is 79.8 Å². The van der Waals surface area contributed by atoms with Crippen LogP contribution in [0.3, 0.4) is 0 Å². The van der Waals surface area contributed by atoms with Gasteiger partial charge < -0.3 is 9.84 Å². The van der Waals surface area contributed by atoms with E-state index < -0.39 is 0 Å². The number of methoxy groups -OCH3 is 1. The van der Waals surface area contributed by atoms with Gasteiger partial charge in [-0.25, -0.2) is 0 Å². The van der Waals surface area contributed by atoms with Crippen LogP contribution in [0, 0.1) is 5.92 Å². The zero-order valence-electron chi connectivity index (χ0n) is 26.2. The summed E-state index contributed by atoms with van der Waals surface area (Å²) in [7, 11) is 1.64. The molecule has 0 spiro atoms. The molecule has 3 rings (SSSR count). The highest BCUT2D eigenvalue weighted by Gasteiger charge is 2.17. The van der Waals surface area contributed by atoms with Gasteiger partial charge in [-0.1, -0.05) is 99.7 Å². The number of Topliss-reactive ketones (excluding diaryl/α,β-unsaturated/α-hetero) is 1. The highest BCUT2D eigenvalue weighted by Crippen LogP contribution is 2.22. The summed E-state index contributed by atoms with van der Waals surface area (Å²) in [6, 6.07) is 26.5. The van der Waals surface area contributed by atoms with Crippen molar-refractivity contribution in [2.45, 2.75) is 79.1 Å². The lowest BCUT2D eigenvalue weighted by Gasteiger charge is -2.15. The average Bonchev–Trinajstić information content (AvgIpc) is 3.03. The number of ether oxygens (including phenoxy) is 1. The van der Waals surface area contributed by atoms with Gasteiger partial charge in [0.25, 0.3) is 0 Å². The number of aryl methyl sites for hydroxylation is 2. The lowest BCUT2D eigenvalue weighted by atomic mass is 9.90. The Balaban J connectivity index is 0.00000301. The fourth-order valence-corrected chi connectivity index (χ4v) is 4.63. The van der Waals surface area contributed by atoms with Crippen molar-refractivity contribution in [1.82, 2.24) is 0 Å². The van der Waals surface area contributed by atoms with Gasteiger partial charge in [-0.15, -0.1) is 0 Å². The summed E-state index contributed by atoms with van der Waals surface area (Å²) in [6.45, 7) is 12.1. The Morgan fingerprint density at radius 3 is 2.10 bits per heavy atom. The normalized spacial score (nSPS) is 12.2. The molecule has 0 amide bonds.